The number of rotatable bonds is 2. The van der Waals surface area contributed by atoms with E-state index in [0.717, 1.165) is 5.92 Å². The predicted molar refractivity (Wildman–Crippen MR) is 73.5 cm³/mol. The second-order valence-electron chi connectivity index (χ2n) is 6.30. The second-order valence-corrected chi connectivity index (χ2v) is 6.30. The highest BCUT2D eigenvalue weighted by Crippen LogP contribution is 2.41. The number of hydrogen-bond donors (Lipinski definition) is 0. The average molecular weight is 220 g/mol. The molecule has 0 aromatic rings. The van der Waals surface area contributed by atoms with Crippen LogP contribution < -0.4 is 0 Å². The average Bonchev–Trinajstić information content (AvgIpc) is 2.24. The molecule has 0 radical (unpaired) electrons. The topological polar surface area (TPSA) is 0 Å². The van der Waals surface area contributed by atoms with Gasteiger partial charge >= 0.3 is 0 Å². The Labute approximate surface area is 102 Å². The standard InChI is InChI=1S/C16H28/c1-7-13(2)16(6)10-8-9-14(3)15(4,5)11-12-16/h9,11-13H,7-8,10H2,1-6H3. The Morgan fingerprint density at radius 1 is 1.25 bits per heavy atom. The summed E-state index contributed by atoms with van der Waals surface area (Å²) < 4.78 is 0. The van der Waals surface area contributed by atoms with Crippen LogP contribution in [-0.2, 0) is 0 Å². The molecule has 0 heterocycles. The fraction of sp³-hybridized carbons (Fsp3) is 0.750. The molecule has 1 aliphatic carbocycles. The van der Waals surface area contributed by atoms with Crippen LogP contribution in [0.5, 0.6) is 0 Å². The largest absolute Gasteiger partial charge is 0.0847 e. The molecule has 0 fully saturated rings. The minimum absolute atomic E-state index is 0.231. The molecule has 0 aromatic heterocycles. The van der Waals surface area contributed by atoms with Gasteiger partial charge in [-0.1, -0.05) is 64.8 Å². The van der Waals surface area contributed by atoms with Crippen molar-refractivity contribution in [2.45, 2.75) is 60.8 Å². The molecule has 0 bridgehead atoms. The van der Waals surface area contributed by atoms with E-state index < -0.39 is 0 Å². The smallest absolute Gasteiger partial charge is 0.00316 e. The molecule has 0 aliphatic heterocycles. The van der Waals surface area contributed by atoms with E-state index in [4.69, 9.17) is 0 Å². The maximum Gasteiger partial charge on any atom is 0.00316 e. The summed E-state index contributed by atoms with van der Waals surface area (Å²) in [6.07, 6.45) is 11.1. The molecule has 0 N–H and O–H groups in total. The van der Waals surface area contributed by atoms with Gasteiger partial charge in [-0.3, -0.25) is 0 Å². The van der Waals surface area contributed by atoms with Crippen molar-refractivity contribution >= 4 is 0 Å². The molecular formula is C16H28. The lowest BCUT2D eigenvalue weighted by Gasteiger charge is -2.36. The van der Waals surface area contributed by atoms with Crippen LogP contribution in [0.4, 0.5) is 0 Å². The molecule has 2 atom stereocenters. The van der Waals surface area contributed by atoms with E-state index in [9.17, 15) is 0 Å². The van der Waals surface area contributed by atoms with E-state index in [1.165, 1.54) is 24.8 Å². The quantitative estimate of drug-likeness (QED) is 0.549. The Kier molecular flexibility index (Phi) is 4.04. The number of hydrogen-bond acceptors (Lipinski definition) is 0. The van der Waals surface area contributed by atoms with Crippen LogP contribution in [0.3, 0.4) is 0 Å². The van der Waals surface area contributed by atoms with E-state index >= 15 is 0 Å². The van der Waals surface area contributed by atoms with Gasteiger partial charge in [0.2, 0.25) is 0 Å². The van der Waals surface area contributed by atoms with E-state index in [-0.39, 0.29) is 5.41 Å². The molecule has 0 nitrogen and oxygen atoms in total. The normalized spacial score (nSPS) is 31.5. The van der Waals surface area contributed by atoms with Gasteiger partial charge in [-0.2, -0.15) is 0 Å². The van der Waals surface area contributed by atoms with Gasteiger partial charge in [0.05, 0.1) is 0 Å². The molecular weight excluding hydrogens is 192 g/mol. The first-order valence-electron chi connectivity index (χ1n) is 6.69. The molecule has 1 aliphatic rings. The molecule has 0 saturated heterocycles. The maximum absolute atomic E-state index is 2.48. The fourth-order valence-corrected chi connectivity index (χ4v) is 2.35. The maximum atomic E-state index is 2.48. The lowest BCUT2D eigenvalue weighted by atomic mass is 9.69. The Morgan fingerprint density at radius 3 is 2.44 bits per heavy atom. The molecule has 0 saturated carbocycles. The third-order valence-corrected chi connectivity index (χ3v) is 4.77. The van der Waals surface area contributed by atoms with Crippen molar-refractivity contribution in [3.63, 3.8) is 0 Å². The van der Waals surface area contributed by atoms with Gasteiger partial charge in [0.1, 0.15) is 0 Å². The van der Waals surface area contributed by atoms with Crippen LogP contribution >= 0.6 is 0 Å². The first-order valence-corrected chi connectivity index (χ1v) is 6.69. The zero-order valence-electron chi connectivity index (χ0n) is 11.9. The summed E-state index contributed by atoms with van der Waals surface area (Å²) in [4.78, 5) is 0. The van der Waals surface area contributed by atoms with Crippen molar-refractivity contribution in [3.8, 4) is 0 Å². The van der Waals surface area contributed by atoms with Crippen molar-refractivity contribution in [1.82, 2.24) is 0 Å². The lowest BCUT2D eigenvalue weighted by molar-refractivity contribution is 0.246. The SMILES string of the molecule is CCC(C)C1(C)C=CC(C)(C)C(C)=CCC1. The van der Waals surface area contributed by atoms with Crippen molar-refractivity contribution in [2.24, 2.45) is 16.7 Å². The molecule has 16 heavy (non-hydrogen) atoms. The first-order chi connectivity index (χ1) is 7.32. The van der Waals surface area contributed by atoms with Gasteiger partial charge in [-0.05, 0) is 31.1 Å². The van der Waals surface area contributed by atoms with Crippen LogP contribution in [0.2, 0.25) is 0 Å². The Bertz CT molecular complexity index is 293. The van der Waals surface area contributed by atoms with Gasteiger partial charge in [0.25, 0.3) is 0 Å². The Morgan fingerprint density at radius 2 is 1.88 bits per heavy atom. The first kappa shape index (κ1) is 13.5. The molecule has 0 spiro atoms. The van der Waals surface area contributed by atoms with Crippen molar-refractivity contribution in [3.05, 3.63) is 23.8 Å². The minimum Gasteiger partial charge on any atom is -0.0847 e. The predicted octanol–water partition coefficient (Wildman–Crippen LogP) is 5.36. The molecule has 0 heteroatoms. The second kappa shape index (κ2) is 4.77. The van der Waals surface area contributed by atoms with Gasteiger partial charge in [-0.25, -0.2) is 0 Å². The van der Waals surface area contributed by atoms with Crippen LogP contribution in [0, 0.1) is 16.7 Å². The van der Waals surface area contributed by atoms with E-state index in [1.807, 2.05) is 0 Å². The minimum atomic E-state index is 0.231. The number of allylic oxidation sites excluding steroid dienone is 4. The van der Waals surface area contributed by atoms with Gasteiger partial charge in [0, 0.05) is 5.41 Å². The van der Waals surface area contributed by atoms with Gasteiger partial charge in [0.15, 0.2) is 0 Å². The summed E-state index contributed by atoms with van der Waals surface area (Å²) in [5.41, 5.74) is 2.12. The van der Waals surface area contributed by atoms with Gasteiger partial charge in [-0.15, -0.1) is 0 Å². The summed E-state index contributed by atoms with van der Waals surface area (Å²) in [5.74, 6) is 0.770. The lowest BCUT2D eigenvalue weighted by Crippen LogP contribution is -2.25. The summed E-state index contributed by atoms with van der Waals surface area (Å²) in [6, 6.07) is 0. The molecule has 1 rings (SSSR count). The van der Waals surface area contributed by atoms with Crippen molar-refractivity contribution < 1.29 is 0 Å². The van der Waals surface area contributed by atoms with E-state index in [0.29, 0.717) is 5.41 Å². The fourth-order valence-electron chi connectivity index (χ4n) is 2.35. The summed E-state index contributed by atoms with van der Waals surface area (Å²) in [5, 5.41) is 0. The van der Waals surface area contributed by atoms with Crippen molar-refractivity contribution in [1.29, 1.82) is 0 Å². The Hall–Kier alpha value is -0.520. The summed E-state index contributed by atoms with van der Waals surface area (Å²) >= 11 is 0. The monoisotopic (exact) mass is 220 g/mol. The molecule has 92 valence electrons. The van der Waals surface area contributed by atoms with E-state index in [1.54, 1.807) is 0 Å². The highest BCUT2D eigenvalue weighted by molar-refractivity contribution is 5.21. The zero-order chi connectivity index (χ0) is 12.4. The highest BCUT2D eigenvalue weighted by Gasteiger charge is 2.29. The molecule has 2 unspecified atom stereocenters. The van der Waals surface area contributed by atoms with Crippen LogP contribution in [0.1, 0.15) is 60.8 Å². The highest BCUT2D eigenvalue weighted by atomic mass is 14.3. The zero-order valence-corrected chi connectivity index (χ0v) is 11.9. The van der Waals surface area contributed by atoms with E-state index in [2.05, 4.69) is 59.8 Å². The molecule has 0 amide bonds. The van der Waals surface area contributed by atoms with Gasteiger partial charge < -0.3 is 0 Å². The van der Waals surface area contributed by atoms with Crippen molar-refractivity contribution in [2.75, 3.05) is 0 Å². The van der Waals surface area contributed by atoms with Crippen LogP contribution in [0.25, 0.3) is 0 Å². The molecule has 0 aromatic carbocycles. The summed E-state index contributed by atoms with van der Waals surface area (Å²) in [6.45, 7) is 14.0. The van der Waals surface area contributed by atoms with Crippen LogP contribution in [0.15, 0.2) is 23.8 Å². The summed E-state index contributed by atoms with van der Waals surface area (Å²) in [7, 11) is 0. The third kappa shape index (κ3) is 2.78. The third-order valence-electron chi connectivity index (χ3n) is 4.77. The Balaban J connectivity index is 2.97. The van der Waals surface area contributed by atoms with Crippen LogP contribution in [-0.4, -0.2) is 0 Å².